The Hall–Kier alpha value is -1.67. The van der Waals surface area contributed by atoms with E-state index < -0.39 is 20.9 Å². The first-order valence-corrected chi connectivity index (χ1v) is 7.59. The number of sulfone groups is 1. The maximum absolute atomic E-state index is 11.8. The number of hydrogen-bond donors (Lipinski definition) is 1. The predicted octanol–water partition coefficient (Wildman–Crippen LogP) is 0.569. The van der Waals surface area contributed by atoms with E-state index in [1.807, 2.05) is 0 Å². The number of nitro groups is 1. The van der Waals surface area contributed by atoms with Crippen LogP contribution in [0.25, 0.3) is 0 Å². The Morgan fingerprint density at radius 2 is 2.16 bits per heavy atom. The van der Waals surface area contributed by atoms with Gasteiger partial charge in [0.2, 0.25) is 0 Å². The van der Waals surface area contributed by atoms with Crippen LogP contribution in [0.3, 0.4) is 0 Å². The van der Waals surface area contributed by atoms with Gasteiger partial charge in [-0.05, 0) is 12.5 Å². The molecule has 1 aromatic rings. The van der Waals surface area contributed by atoms with Crippen LogP contribution < -0.4 is 4.90 Å². The van der Waals surface area contributed by atoms with Gasteiger partial charge in [-0.3, -0.25) is 10.1 Å². The Bertz CT molecular complexity index is 614. The minimum atomic E-state index is -3.57. The van der Waals surface area contributed by atoms with Gasteiger partial charge < -0.3 is 10.0 Å². The molecule has 0 aromatic heterocycles. The second-order valence-electron chi connectivity index (χ2n) is 4.57. The van der Waals surface area contributed by atoms with Gasteiger partial charge in [-0.25, -0.2) is 8.42 Å². The average Bonchev–Trinajstić information content (AvgIpc) is 2.73. The molecule has 0 aliphatic carbocycles. The Balaban J connectivity index is 2.52. The monoisotopic (exact) mass is 286 g/mol. The van der Waals surface area contributed by atoms with Crippen molar-refractivity contribution in [1.29, 1.82) is 0 Å². The van der Waals surface area contributed by atoms with Crippen LogP contribution in [0.2, 0.25) is 0 Å². The number of hydrogen-bond acceptors (Lipinski definition) is 6. The maximum atomic E-state index is 11.8. The fourth-order valence-corrected chi connectivity index (χ4v) is 3.05. The molecule has 0 amide bonds. The molecule has 1 heterocycles. The van der Waals surface area contributed by atoms with Gasteiger partial charge in [0, 0.05) is 31.5 Å². The second kappa shape index (κ2) is 4.78. The van der Waals surface area contributed by atoms with Gasteiger partial charge >= 0.3 is 0 Å². The van der Waals surface area contributed by atoms with Crippen molar-refractivity contribution in [3.63, 3.8) is 0 Å². The van der Waals surface area contributed by atoms with E-state index in [1.165, 1.54) is 12.1 Å². The number of benzene rings is 1. The first-order valence-electron chi connectivity index (χ1n) is 5.70. The van der Waals surface area contributed by atoms with Gasteiger partial charge in [0.25, 0.3) is 5.69 Å². The Labute approximate surface area is 110 Å². The van der Waals surface area contributed by atoms with E-state index in [0.29, 0.717) is 25.2 Å². The number of rotatable bonds is 3. The number of β-amino-alcohol motifs (C(OH)–C–C–N with tert-alkyl or cyclic N) is 1. The fraction of sp³-hybridized carbons (Fsp3) is 0.455. The second-order valence-corrected chi connectivity index (χ2v) is 6.55. The van der Waals surface area contributed by atoms with Crippen LogP contribution in [-0.2, 0) is 9.84 Å². The lowest BCUT2D eigenvalue weighted by Gasteiger charge is -2.20. The number of non-ortho nitro benzene ring substituents is 1. The zero-order valence-corrected chi connectivity index (χ0v) is 11.1. The summed E-state index contributed by atoms with van der Waals surface area (Å²) in [5, 5.41) is 20.2. The lowest BCUT2D eigenvalue weighted by atomic mass is 10.2. The molecule has 2 rings (SSSR count). The summed E-state index contributed by atoms with van der Waals surface area (Å²) in [6.07, 6.45) is 1.07. The van der Waals surface area contributed by atoms with Gasteiger partial charge in [-0.1, -0.05) is 0 Å². The first kappa shape index (κ1) is 13.8. The van der Waals surface area contributed by atoms with Crippen molar-refractivity contribution < 1.29 is 18.4 Å². The van der Waals surface area contributed by atoms with E-state index in [1.54, 1.807) is 4.90 Å². The van der Waals surface area contributed by atoms with Crippen LogP contribution >= 0.6 is 0 Å². The zero-order chi connectivity index (χ0) is 14.2. The SMILES string of the molecule is CS(=O)(=O)c1cc([N+](=O)[O-])ccc1N1CC[C@H](O)C1. The summed E-state index contributed by atoms with van der Waals surface area (Å²) in [4.78, 5) is 11.7. The highest BCUT2D eigenvalue weighted by atomic mass is 32.2. The Morgan fingerprint density at radius 3 is 2.63 bits per heavy atom. The average molecular weight is 286 g/mol. The van der Waals surface area contributed by atoms with Crippen molar-refractivity contribution in [3.8, 4) is 0 Å². The molecule has 1 saturated heterocycles. The lowest BCUT2D eigenvalue weighted by molar-refractivity contribution is -0.385. The summed E-state index contributed by atoms with van der Waals surface area (Å²) < 4.78 is 23.5. The largest absolute Gasteiger partial charge is 0.391 e. The summed E-state index contributed by atoms with van der Waals surface area (Å²) in [6.45, 7) is 0.863. The van der Waals surface area contributed by atoms with Gasteiger partial charge in [0.05, 0.1) is 21.6 Å². The molecule has 1 aromatic carbocycles. The Kier molecular flexibility index (Phi) is 3.46. The molecule has 0 spiro atoms. The number of aliphatic hydroxyl groups excluding tert-OH is 1. The van der Waals surface area contributed by atoms with E-state index in [9.17, 15) is 23.6 Å². The molecule has 19 heavy (non-hydrogen) atoms. The topological polar surface area (TPSA) is 101 Å². The third-order valence-electron chi connectivity index (χ3n) is 3.06. The number of nitrogens with zero attached hydrogens (tertiary/aromatic N) is 2. The van der Waals surface area contributed by atoms with Crippen LogP contribution in [0.4, 0.5) is 11.4 Å². The molecule has 0 radical (unpaired) electrons. The molecule has 104 valence electrons. The quantitative estimate of drug-likeness (QED) is 0.644. The van der Waals surface area contributed by atoms with Crippen molar-refractivity contribution >= 4 is 21.2 Å². The minimum Gasteiger partial charge on any atom is -0.391 e. The molecule has 1 N–H and O–H groups in total. The molecule has 1 aliphatic heterocycles. The fourth-order valence-electron chi connectivity index (χ4n) is 2.14. The van der Waals surface area contributed by atoms with E-state index in [2.05, 4.69) is 0 Å². The molecule has 8 heteroatoms. The third-order valence-corrected chi connectivity index (χ3v) is 4.18. The van der Waals surface area contributed by atoms with E-state index in [0.717, 1.165) is 12.3 Å². The smallest absolute Gasteiger partial charge is 0.270 e. The normalized spacial score (nSPS) is 19.7. The molecular formula is C11H14N2O5S. The van der Waals surface area contributed by atoms with E-state index >= 15 is 0 Å². The van der Waals surface area contributed by atoms with Crippen LogP contribution in [0.15, 0.2) is 23.1 Å². The molecule has 0 bridgehead atoms. The number of anilines is 1. The van der Waals surface area contributed by atoms with Crippen molar-refractivity contribution in [2.24, 2.45) is 0 Å². The molecule has 7 nitrogen and oxygen atoms in total. The Morgan fingerprint density at radius 1 is 1.47 bits per heavy atom. The highest BCUT2D eigenvalue weighted by Crippen LogP contribution is 2.31. The summed E-state index contributed by atoms with van der Waals surface area (Å²) >= 11 is 0. The van der Waals surface area contributed by atoms with E-state index in [4.69, 9.17) is 0 Å². The highest BCUT2D eigenvalue weighted by Gasteiger charge is 2.26. The van der Waals surface area contributed by atoms with Gasteiger partial charge in [-0.2, -0.15) is 0 Å². The van der Waals surface area contributed by atoms with Crippen molar-refractivity contribution in [3.05, 3.63) is 28.3 Å². The number of nitro benzene ring substituents is 1. The predicted molar refractivity (Wildman–Crippen MR) is 69.0 cm³/mol. The number of aliphatic hydroxyl groups is 1. The van der Waals surface area contributed by atoms with Crippen molar-refractivity contribution in [1.82, 2.24) is 0 Å². The summed E-state index contributed by atoms with van der Waals surface area (Å²) in [5.74, 6) is 0. The maximum Gasteiger partial charge on any atom is 0.270 e. The van der Waals surface area contributed by atoms with Gasteiger partial charge in [0.15, 0.2) is 9.84 Å². The third kappa shape index (κ3) is 2.85. The highest BCUT2D eigenvalue weighted by molar-refractivity contribution is 7.90. The van der Waals surface area contributed by atoms with Crippen molar-refractivity contribution in [2.45, 2.75) is 17.4 Å². The van der Waals surface area contributed by atoms with Crippen LogP contribution in [-0.4, -0.2) is 43.9 Å². The standard InChI is InChI=1S/C11H14N2O5S/c1-19(17,18)11-6-8(13(15)16)2-3-10(11)12-5-4-9(14)7-12/h2-3,6,9,14H,4-5,7H2,1H3/t9-/m0/s1. The molecule has 1 aliphatic rings. The van der Waals surface area contributed by atoms with Crippen LogP contribution in [0.5, 0.6) is 0 Å². The summed E-state index contributed by atoms with van der Waals surface area (Å²) in [6, 6.07) is 3.76. The summed E-state index contributed by atoms with van der Waals surface area (Å²) in [7, 11) is -3.57. The molecule has 0 saturated carbocycles. The molecule has 0 unspecified atom stereocenters. The van der Waals surface area contributed by atoms with Gasteiger partial charge in [-0.15, -0.1) is 0 Å². The van der Waals surface area contributed by atoms with Crippen LogP contribution in [0.1, 0.15) is 6.42 Å². The molecule has 1 fully saturated rings. The van der Waals surface area contributed by atoms with Gasteiger partial charge in [0.1, 0.15) is 0 Å². The zero-order valence-electron chi connectivity index (χ0n) is 10.3. The molecular weight excluding hydrogens is 272 g/mol. The van der Waals surface area contributed by atoms with Crippen molar-refractivity contribution in [2.75, 3.05) is 24.2 Å². The van der Waals surface area contributed by atoms with E-state index in [-0.39, 0.29) is 10.6 Å². The molecule has 1 atom stereocenters. The lowest BCUT2D eigenvalue weighted by Crippen LogP contribution is -2.23. The minimum absolute atomic E-state index is 0.0733. The summed E-state index contributed by atoms with van der Waals surface area (Å²) in [5.41, 5.74) is 0.147. The van der Waals surface area contributed by atoms with Crippen LogP contribution in [0, 0.1) is 10.1 Å². The first-order chi connectivity index (χ1) is 8.79.